The Morgan fingerprint density at radius 2 is 1.81 bits per heavy atom. The Balaban J connectivity index is 1.60. The van der Waals surface area contributed by atoms with E-state index < -0.39 is 23.5 Å². The molecule has 0 bridgehead atoms. The number of thiophene rings is 1. The minimum atomic E-state index is -0.905. The highest BCUT2D eigenvalue weighted by Crippen LogP contribution is 2.29. The van der Waals surface area contributed by atoms with E-state index in [0.717, 1.165) is 22.5 Å². The Labute approximate surface area is 217 Å². The summed E-state index contributed by atoms with van der Waals surface area (Å²) < 4.78 is 5.94. The van der Waals surface area contributed by atoms with Crippen molar-refractivity contribution in [1.29, 1.82) is 0 Å². The number of hydrogen-bond acceptors (Lipinski definition) is 7. The van der Waals surface area contributed by atoms with Gasteiger partial charge < -0.3 is 15.4 Å². The van der Waals surface area contributed by atoms with Crippen molar-refractivity contribution in [2.24, 2.45) is 0 Å². The van der Waals surface area contributed by atoms with Crippen LogP contribution in [-0.4, -0.2) is 34.4 Å². The summed E-state index contributed by atoms with van der Waals surface area (Å²) in [6.45, 7) is 7.17. The van der Waals surface area contributed by atoms with Crippen molar-refractivity contribution in [2.45, 2.75) is 33.7 Å². The van der Waals surface area contributed by atoms with Gasteiger partial charge in [0.15, 0.2) is 0 Å². The zero-order chi connectivity index (χ0) is 26.9. The number of nitrogens with zero attached hydrogens (tertiary/aromatic N) is 2. The molecule has 2 N–H and O–H groups in total. The largest absolute Gasteiger partial charge is 0.465 e. The van der Waals surface area contributed by atoms with Gasteiger partial charge in [-0.05, 0) is 63.1 Å². The molecule has 0 aliphatic rings. The summed E-state index contributed by atoms with van der Waals surface area (Å²) in [6, 6.07) is 11.1. The standard InChI is InChI=1S/C27H26N4O5S/c1-14-9-10-20(15(2)11-14)30-24(33)22-16(3)21-25(37-22)28-13-31(26(21)34)17(4)23(32)29-19-8-6-7-18(12-19)27(35)36-5/h6-13,17H,1-5H3,(H,29,32)(H,30,33). The smallest absolute Gasteiger partial charge is 0.337 e. The topological polar surface area (TPSA) is 119 Å². The van der Waals surface area contributed by atoms with Crippen LogP contribution in [0.4, 0.5) is 11.4 Å². The number of aryl methyl sites for hydroxylation is 3. The lowest BCUT2D eigenvalue weighted by Crippen LogP contribution is -2.31. The molecule has 0 radical (unpaired) electrons. The molecule has 10 heteroatoms. The third-order valence-corrected chi connectivity index (χ3v) is 7.26. The number of rotatable bonds is 6. The number of benzene rings is 2. The predicted octanol–water partition coefficient (Wildman–Crippen LogP) is 4.62. The first-order chi connectivity index (χ1) is 17.6. The van der Waals surface area contributed by atoms with E-state index in [1.54, 1.807) is 32.0 Å². The van der Waals surface area contributed by atoms with E-state index >= 15 is 0 Å². The number of carbonyl (C=O) groups excluding carboxylic acids is 3. The van der Waals surface area contributed by atoms with E-state index in [-0.39, 0.29) is 11.5 Å². The van der Waals surface area contributed by atoms with Gasteiger partial charge in [0.1, 0.15) is 10.9 Å². The predicted molar refractivity (Wildman–Crippen MR) is 144 cm³/mol. The molecule has 190 valence electrons. The van der Waals surface area contributed by atoms with E-state index in [1.807, 2.05) is 32.0 Å². The number of anilines is 2. The Kier molecular flexibility index (Phi) is 7.21. The van der Waals surface area contributed by atoms with Gasteiger partial charge in [0.05, 0.1) is 29.3 Å². The normalized spacial score (nSPS) is 11.7. The third-order valence-electron chi connectivity index (χ3n) is 6.06. The molecule has 2 aromatic carbocycles. The molecule has 0 spiro atoms. The van der Waals surface area contributed by atoms with Gasteiger partial charge >= 0.3 is 5.97 Å². The molecular weight excluding hydrogens is 492 g/mol. The van der Waals surface area contributed by atoms with Crippen LogP contribution in [0.15, 0.2) is 53.6 Å². The van der Waals surface area contributed by atoms with Crippen LogP contribution in [0.5, 0.6) is 0 Å². The molecule has 37 heavy (non-hydrogen) atoms. The molecule has 1 atom stereocenters. The lowest BCUT2D eigenvalue weighted by molar-refractivity contribution is -0.118. The number of carbonyl (C=O) groups is 3. The molecule has 4 rings (SSSR count). The second-order valence-corrected chi connectivity index (χ2v) is 9.70. The SMILES string of the molecule is COC(=O)c1cccc(NC(=O)C(C)n2cnc3sc(C(=O)Nc4ccc(C)cc4C)c(C)c3c2=O)c1. The highest BCUT2D eigenvalue weighted by atomic mass is 32.1. The molecule has 2 heterocycles. The number of fused-ring (bicyclic) bond motifs is 1. The Morgan fingerprint density at radius 1 is 1.05 bits per heavy atom. The fourth-order valence-corrected chi connectivity index (χ4v) is 5.01. The van der Waals surface area contributed by atoms with Crippen molar-refractivity contribution in [3.05, 3.63) is 86.3 Å². The van der Waals surface area contributed by atoms with E-state index in [9.17, 15) is 19.2 Å². The van der Waals surface area contributed by atoms with E-state index in [2.05, 4.69) is 15.6 Å². The van der Waals surface area contributed by atoms with Gasteiger partial charge in [-0.2, -0.15) is 0 Å². The van der Waals surface area contributed by atoms with Crippen LogP contribution < -0.4 is 16.2 Å². The number of esters is 1. The number of amides is 2. The number of methoxy groups -OCH3 is 1. The van der Waals surface area contributed by atoms with Gasteiger partial charge in [-0.1, -0.05) is 23.8 Å². The first-order valence-electron chi connectivity index (χ1n) is 11.5. The van der Waals surface area contributed by atoms with Crippen LogP contribution in [-0.2, 0) is 9.53 Å². The molecular formula is C27H26N4O5S. The van der Waals surface area contributed by atoms with E-state index in [0.29, 0.717) is 32.0 Å². The Bertz CT molecular complexity index is 1600. The first-order valence-corrected chi connectivity index (χ1v) is 12.3. The quantitative estimate of drug-likeness (QED) is 0.360. The van der Waals surface area contributed by atoms with E-state index in [1.165, 1.54) is 24.1 Å². The van der Waals surface area contributed by atoms with Crippen LogP contribution >= 0.6 is 11.3 Å². The van der Waals surface area contributed by atoms with Gasteiger partial charge in [0, 0.05) is 11.4 Å². The molecule has 2 amide bonds. The molecule has 0 aliphatic carbocycles. The maximum Gasteiger partial charge on any atom is 0.337 e. The van der Waals surface area contributed by atoms with Gasteiger partial charge in [-0.15, -0.1) is 11.3 Å². The third kappa shape index (κ3) is 5.14. The fourth-order valence-electron chi connectivity index (χ4n) is 3.98. The fraction of sp³-hybridized carbons (Fsp3) is 0.222. The van der Waals surface area contributed by atoms with Gasteiger partial charge in [0.2, 0.25) is 5.91 Å². The first kappa shape index (κ1) is 25.8. The van der Waals surface area contributed by atoms with Crippen molar-refractivity contribution < 1.29 is 19.1 Å². The van der Waals surface area contributed by atoms with Crippen molar-refractivity contribution >= 4 is 50.7 Å². The lowest BCUT2D eigenvalue weighted by atomic mass is 10.1. The second-order valence-electron chi connectivity index (χ2n) is 8.70. The zero-order valence-electron chi connectivity index (χ0n) is 21.0. The van der Waals surface area contributed by atoms with Gasteiger partial charge in [-0.3, -0.25) is 19.0 Å². The summed E-state index contributed by atoms with van der Waals surface area (Å²) in [5.41, 5.74) is 3.48. The molecule has 0 saturated heterocycles. The summed E-state index contributed by atoms with van der Waals surface area (Å²) in [4.78, 5) is 56.3. The molecule has 0 aliphatic heterocycles. The highest BCUT2D eigenvalue weighted by molar-refractivity contribution is 7.20. The van der Waals surface area contributed by atoms with Crippen LogP contribution in [0, 0.1) is 20.8 Å². The molecule has 1 unspecified atom stereocenters. The van der Waals surface area contributed by atoms with Crippen LogP contribution in [0.2, 0.25) is 0 Å². The van der Waals surface area contributed by atoms with Crippen molar-refractivity contribution in [3.63, 3.8) is 0 Å². The summed E-state index contributed by atoms with van der Waals surface area (Å²) >= 11 is 1.13. The minimum absolute atomic E-state index is 0.286. The number of aromatic nitrogens is 2. The van der Waals surface area contributed by atoms with Crippen LogP contribution in [0.1, 0.15) is 49.7 Å². The van der Waals surface area contributed by atoms with Crippen molar-refractivity contribution in [3.8, 4) is 0 Å². The monoisotopic (exact) mass is 518 g/mol. The average Bonchev–Trinajstić information content (AvgIpc) is 3.22. The Hall–Kier alpha value is -4.31. The number of nitrogens with one attached hydrogen (secondary N) is 2. The number of hydrogen-bond donors (Lipinski definition) is 2. The van der Waals surface area contributed by atoms with Gasteiger partial charge in [0.25, 0.3) is 11.5 Å². The van der Waals surface area contributed by atoms with E-state index in [4.69, 9.17) is 4.74 Å². The van der Waals surface area contributed by atoms with Crippen LogP contribution in [0.25, 0.3) is 10.2 Å². The minimum Gasteiger partial charge on any atom is -0.465 e. The molecule has 0 saturated carbocycles. The maximum absolute atomic E-state index is 13.4. The average molecular weight is 519 g/mol. The summed E-state index contributed by atoms with van der Waals surface area (Å²) in [5.74, 6) is -1.32. The molecule has 9 nitrogen and oxygen atoms in total. The second kappa shape index (κ2) is 10.4. The summed E-state index contributed by atoms with van der Waals surface area (Å²) in [7, 11) is 1.27. The maximum atomic E-state index is 13.4. The lowest BCUT2D eigenvalue weighted by Gasteiger charge is -2.15. The van der Waals surface area contributed by atoms with Crippen molar-refractivity contribution in [2.75, 3.05) is 17.7 Å². The Morgan fingerprint density at radius 3 is 2.51 bits per heavy atom. The van der Waals surface area contributed by atoms with Gasteiger partial charge in [-0.25, -0.2) is 9.78 Å². The molecule has 4 aromatic rings. The summed E-state index contributed by atoms with van der Waals surface area (Å²) in [5, 5.41) is 5.92. The summed E-state index contributed by atoms with van der Waals surface area (Å²) in [6.07, 6.45) is 1.31. The molecule has 2 aromatic heterocycles. The van der Waals surface area contributed by atoms with Crippen LogP contribution in [0.3, 0.4) is 0 Å². The highest BCUT2D eigenvalue weighted by Gasteiger charge is 2.23. The van der Waals surface area contributed by atoms with Crippen molar-refractivity contribution in [1.82, 2.24) is 9.55 Å². The molecule has 0 fully saturated rings. The number of ether oxygens (including phenoxy) is 1. The zero-order valence-corrected chi connectivity index (χ0v) is 21.9.